The zero-order valence-electron chi connectivity index (χ0n) is 9.69. The highest BCUT2D eigenvalue weighted by molar-refractivity contribution is 4.98. The molecule has 1 fully saturated rings. The highest BCUT2D eigenvalue weighted by atomic mass is 15.0. The third kappa shape index (κ3) is 2.07. The van der Waals surface area contributed by atoms with Crippen molar-refractivity contribution < 1.29 is 0 Å². The SMILES string of the molecule is CCCC(C)C1(C(C)C)CCCN1. The lowest BCUT2D eigenvalue weighted by molar-refractivity contribution is 0.170. The topological polar surface area (TPSA) is 12.0 Å². The molecule has 0 aliphatic carbocycles. The third-order valence-electron chi connectivity index (χ3n) is 3.85. The van der Waals surface area contributed by atoms with E-state index in [1.807, 2.05) is 0 Å². The van der Waals surface area contributed by atoms with Crippen LogP contribution in [0.3, 0.4) is 0 Å². The second kappa shape index (κ2) is 4.45. The molecule has 1 nitrogen and oxygen atoms in total. The van der Waals surface area contributed by atoms with E-state index in [1.165, 1.54) is 32.2 Å². The predicted octanol–water partition coefficient (Wildman–Crippen LogP) is 3.20. The molecule has 1 aliphatic heterocycles. The van der Waals surface area contributed by atoms with Crippen LogP contribution in [0.2, 0.25) is 0 Å². The Morgan fingerprint density at radius 1 is 1.31 bits per heavy atom. The Kier molecular flexibility index (Phi) is 3.78. The Labute approximate surface area is 83.3 Å². The molecule has 13 heavy (non-hydrogen) atoms. The summed E-state index contributed by atoms with van der Waals surface area (Å²) in [5.41, 5.74) is 0.454. The van der Waals surface area contributed by atoms with Crippen molar-refractivity contribution in [3.05, 3.63) is 0 Å². The minimum Gasteiger partial charge on any atom is -0.311 e. The first kappa shape index (κ1) is 11.0. The van der Waals surface area contributed by atoms with Crippen LogP contribution in [0.4, 0.5) is 0 Å². The van der Waals surface area contributed by atoms with Gasteiger partial charge in [-0.15, -0.1) is 0 Å². The summed E-state index contributed by atoms with van der Waals surface area (Å²) in [7, 11) is 0. The number of nitrogens with one attached hydrogen (secondary N) is 1. The lowest BCUT2D eigenvalue weighted by Gasteiger charge is -2.40. The highest BCUT2D eigenvalue weighted by Crippen LogP contribution is 2.36. The monoisotopic (exact) mass is 183 g/mol. The van der Waals surface area contributed by atoms with Gasteiger partial charge in [0, 0.05) is 5.54 Å². The van der Waals surface area contributed by atoms with Crippen LogP contribution in [-0.4, -0.2) is 12.1 Å². The molecule has 1 heterocycles. The summed E-state index contributed by atoms with van der Waals surface area (Å²) < 4.78 is 0. The van der Waals surface area contributed by atoms with Crippen LogP contribution in [0.15, 0.2) is 0 Å². The molecule has 0 amide bonds. The Morgan fingerprint density at radius 3 is 2.38 bits per heavy atom. The smallest absolute Gasteiger partial charge is 0.0230 e. The zero-order valence-corrected chi connectivity index (χ0v) is 9.69. The lowest BCUT2D eigenvalue weighted by atomic mass is 9.73. The quantitative estimate of drug-likeness (QED) is 0.706. The zero-order chi connectivity index (χ0) is 9.90. The average Bonchev–Trinajstić information content (AvgIpc) is 2.53. The second-order valence-corrected chi connectivity index (χ2v) is 4.92. The predicted molar refractivity (Wildman–Crippen MR) is 58.9 cm³/mol. The molecule has 1 rings (SSSR count). The molecule has 0 radical (unpaired) electrons. The fourth-order valence-electron chi connectivity index (χ4n) is 2.96. The van der Waals surface area contributed by atoms with E-state index in [-0.39, 0.29) is 0 Å². The largest absolute Gasteiger partial charge is 0.311 e. The molecule has 1 saturated heterocycles. The van der Waals surface area contributed by atoms with Gasteiger partial charge in [-0.3, -0.25) is 0 Å². The Balaban J connectivity index is 2.66. The Bertz CT molecular complexity index is 145. The van der Waals surface area contributed by atoms with Gasteiger partial charge in [0.05, 0.1) is 0 Å². The molecule has 0 aromatic carbocycles. The molecule has 2 atom stereocenters. The third-order valence-corrected chi connectivity index (χ3v) is 3.85. The summed E-state index contributed by atoms with van der Waals surface area (Å²) in [5.74, 6) is 1.61. The summed E-state index contributed by atoms with van der Waals surface area (Å²) in [6, 6.07) is 0. The molecule has 1 heteroatoms. The van der Waals surface area contributed by atoms with Crippen molar-refractivity contribution in [2.75, 3.05) is 6.54 Å². The summed E-state index contributed by atoms with van der Waals surface area (Å²) >= 11 is 0. The molecule has 1 N–H and O–H groups in total. The lowest BCUT2D eigenvalue weighted by Crippen LogP contribution is -2.50. The van der Waals surface area contributed by atoms with Gasteiger partial charge < -0.3 is 5.32 Å². The second-order valence-electron chi connectivity index (χ2n) is 4.92. The van der Waals surface area contributed by atoms with Crippen LogP contribution >= 0.6 is 0 Å². The van der Waals surface area contributed by atoms with Gasteiger partial charge in [-0.05, 0) is 37.6 Å². The van der Waals surface area contributed by atoms with Crippen molar-refractivity contribution in [2.24, 2.45) is 11.8 Å². The Hall–Kier alpha value is -0.0400. The van der Waals surface area contributed by atoms with Gasteiger partial charge in [-0.25, -0.2) is 0 Å². The van der Waals surface area contributed by atoms with Crippen LogP contribution < -0.4 is 5.32 Å². The van der Waals surface area contributed by atoms with Gasteiger partial charge in [-0.2, -0.15) is 0 Å². The molecule has 0 spiro atoms. The maximum absolute atomic E-state index is 3.75. The van der Waals surface area contributed by atoms with E-state index in [1.54, 1.807) is 0 Å². The summed E-state index contributed by atoms with van der Waals surface area (Å²) in [4.78, 5) is 0. The van der Waals surface area contributed by atoms with Gasteiger partial charge in [-0.1, -0.05) is 34.1 Å². The molecule has 0 aromatic rings. The van der Waals surface area contributed by atoms with E-state index in [4.69, 9.17) is 0 Å². The molecule has 78 valence electrons. The van der Waals surface area contributed by atoms with Crippen LogP contribution in [0, 0.1) is 11.8 Å². The fourth-order valence-corrected chi connectivity index (χ4v) is 2.96. The van der Waals surface area contributed by atoms with Crippen LogP contribution in [0.25, 0.3) is 0 Å². The minimum atomic E-state index is 0.454. The maximum Gasteiger partial charge on any atom is 0.0230 e. The first-order valence-electron chi connectivity index (χ1n) is 5.88. The first-order chi connectivity index (χ1) is 6.13. The van der Waals surface area contributed by atoms with E-state index in [0.29, 0.717) is 5.54 Å². The van der Waals surface area contributed by atoms with Crippen molar-refractivity contribution >= 4 is 0 Å². The normalized spacial score (nSPS) is 31.2. The van der Waals surface area contributed by atoms with E-state index in [9.17, 15) is 0 Å². The number of hydrogen-bond donors (Lipinski definition) is 1. The summed E-state index contributed by atoms with van der Waals surface area (Å²) in [6.45, 7) is 10.7. The molecular weight excluding hydrogens is 158 g/mol. The van der Waals surface area contributed by atoms with Crippen LogP contribution in [0.5, 0.6) is 0 Å². The first-order valence-corrected chi connectivity index (χ1v) is 5.88. The van der Waals surface area contributed by atoms with Crippen molar-refractivity contribution in [3.63, 3.8) is 0 Å². The summed E-state index contributed by atoms with van der Waals surface area (Å²) in [6.07, 6.45) is 5.43. The molecule has 0 saturated carbocycles. The molecule has 0 bridgehead atoms. The van der Waals surface area contributed by atoms with Crippen molar-refractivity contribution in [2.45, 2.75) is 58.9 Å². The average molecular weight is 183 g/mol. The number of hydrogen-bond acceptors (Lipinski definition) is 1. The van der Waals surface area contributed by atoms with Crippen molar-refractivity contribution in [1.82, 2.24) is 5.32 Å². The minimum absolute atomic E-state index is 0.454. The van der Waals surface area contributed by atoms with Crippen LogP contribution in [-0.2, 0) is 0 Å². The van der Waals surface area contributed by atoms with E-state index in [0.717, 1.165) is 11.8 Å². The molecular formula is C12H25N. The molecule has 1 aliphatic rings. The van der Waals surface area contributed by atoms with Gasteiger partial charge in [0.1, 0.15) is 0 Å². The van der Waals surface area contributed by atoms with Gasteiger partial charge in [0.2, 0.25) is 0 Å². The van der Waals surface area contributed by atoms with E-state index < -0.39 is 0 Å². The Morgan fingerprint density at radius 2 is 2.00 bits per heavy atom. The van der Waals surface area contributed by atoms with Gasteiger partial charge in [0.15, 0.2) is 0 Å². The molecule has 0 aromatic heterocycles. The summed E-state index contributed by atoms with van der Waals surface area (Å²) in [5, 5.41) is 3.75. The van der Waals surface area contributed by atoms with Crippen molar-refractivity contribution in [1.29, 1.82) is 0 Å². The van der Waals surface area contributed by atoms with Gasteiger partial charge in [0.25, 0.3) is 0 Å². The number of rotatable bonds is 4. The fraction of sp³-hybridized carbons (Fsp3) is 1.00. The van der Waals surface area contributed by atoms with E-state index in [2.05, 4.69) is 33.0 Å². The van der Waals surface area contributed by atoms with E-state index >= 15 is 0 Å². The standard InChI is InChI=1S/C12H25N/c1-5-7-11(4)12(10(2)3)8-6-9-13-12/h10-11,13H,5-9H2,1-4H3. The van der Waals surface area contributed by atoms with Crippen LogP contribution in [0.1, 0.15) is 53.4 Å². The molecule has 2 unspecified atom stereocenters. The van der Waals surface area contributed by atoms with Crippen molar-refractivity contribution in [3.8, 4) is 0 Å². The van der Waals surface area contributed by atoms with Gasteiger partial charge >= 0.3 is 0 Å². The highest BCUT2D eigenvalue weighted by Gasteiger charge is 2.40. The maximum atomic E-state index is 3.75.